The molecule has 0 amide bonds. The molecule has 0 aromatic rings. The maximum Gasteiger partial charge on any atom is 0.469 e. The molecule has 8 atom stereocenters. The molecule has 0 aromatic heterocycles. The van der Waals surface area contributed by atoms with E-state index in [-0.39, 0.29) is 12.7 Å². The molecule has 0 aliphatic heterocycles. The summed E-state index contributed by atoms with van der Waals surface area (Å²) in [4.78, 5) is 16.6. The molecule has 0 radical (unpaired) electrons. The number of aliphatic hydroxyl groups excluding tert-OH is 1. The first kappa shape index (κ1) is 33.3. The van der Waals surface area contributed by atoms with E-state index in [9.17, 15) is 9.67 Å². The number of aliphatic hydroxyl groups is 1. The SMILES string of the molecule is CC(C)CCCC(C)[C@H]1CC[C@H]2[C@@H]3CC=C4C[C@@H](O)CC[C@]4(C)[C@H]3CC[C@]12C.C[N+](C)(C)CCOP(=O)(O)O. The summed E-state index contributed by atoms with van der Waals surface area (Å²) in [5, 5.41) is 10.2. The molecule has 228 valence electrons. The minimum Gasteiger partial charge on any atom is -0.393 e. The summed E-state index contributed by atoms with van der Waals surface area (Å²) >= 11 is 0. The van der Waals surface area contributed by atoms with E-state index in [0.29, 0.717) is 21.9 Å². The van der Waals surface area contributed by atoms with Crippen molar-refractivity contribution in [3.63, 3.8) is 0 Å². The van der Waals surface area contributed by atoms with E-state index < -0.39 is 7.82 Å². The monoisotopic (exact) mass is 570 g/mol. The Kier molecular flexibility index (Phi) is 11.1. The Morgan fingerprint density at radius 3 is 2.33 bits per heavy atom. The van der Waals surface area contributed by atoms with E-state index in [0.717, 1.165) is 48.3 Å². The van der Waals surface area contributed by atoms with Gasteiger partial charge in [-0.1, -0.05) is 65.5 Å². The van der Waals surface area contributed by atoms with E-state index in [1.54, 1.807) is 5.57 Å². The Bertz CT molecular complexity index is 878. The van der Waals surface area contributed by atoms with Crippen LogP contribution in [0.1, 0.15) is 105 Å². The lowest BCUT2D eigenvalue weighted by Gasteiger charge is -2.58. The van der Waals surface area contributed by atoms with Crippen LogP contribution in [0.4, 0.5) is 0 Å². The van der Waals surface area contributed by atoms with Gasteiger partial charge in [-0.3, -0.25) is 4.52 Å². The van der Waals surface area contributed by atoms with Crippen LogP contribution in [0.3, 0.4) is 0 Å². The topological polar surface area (TPSA) is 87.0 Å². The Hall–Kier alpha value is -0.230. The average molecular weight is 571 g/mol. The molecule has 0 bridgehead atoms. The van der Waals surface area contributed by atoms with E-state index >= 15 is 0 Å². The largest absolute Gasteiger partial charge is 0.469 e. The van der Waals surface area contributed by atoms with Crippen LogP contribution in [0.5, 0.6) is 0 Å². The highest BCUT2D eigenvalue weighted by Gasteiger charge is 2.59. The van der Waals surface area contributed by atoms with Crippen molar-refractivity contribution in [3.05, 3.63) is 11.6 Å². The average Bonchev–Trinajstić information content (AvgIpc) is 3.15. The number of fused-ring (bicyclic) bond motifs is 5. The molecule has 39 heavy (non-hydrogen) atoms. The van der Waals surface area contributed by atoms with Gasteiger partial charge >= 0.3 is 7.82 Å². The van der Waals surface area contributed by atoms with Crippen molar-refractivity contribution in [2.24, 2.45) is 46.3 Å². The lowest BCUT2D eigenvalue weighted by molar-refractivity contribution is -0.870. The van der Waals surface area contributed by atoms with E-state index in [4.69, 9.17) is 9.79 Å². The molecule has 3 N–H and O–H groups in total. The summed E-state index contributed by atoms with van der Waals surface area (Å²) in [7, 11) is 1.50. The van der Waals surface area contributed by atoms with Crippen molar-refractivity contribution < 1.29 is 28.5 Å². The summed E-state index contributed by atoms with van der Waals surface area (Å²) in [5.41, 5.74) is 2.60. The standard InChI is InChI=1S/C27H46O.C5H14NO4P/c1-18(2)7-6-8-19(3)23-11-12-24-22-10-9-20-17-21(28)13-15-26(20,4)25(22)14-16-27(23,24)5;1-6(2,3)4-5-10-11(7,8)9/h9,18-19,21-25,28H,6-8,10-17H2,1-5H3;4-5H2,1-3H3,(H-,7,8,9)/p+1/t19?,21-,22-,23+,24-,25-,26-,27+;/m0./s1. The van der Waals surface area contributed by atoms with Crippen molar-refractivity contribution in [2.45, 2.75) is 111 Å². The van der Waals surface area contributed by atoms with Crippen LogP contribution in [0.25, 0.3) is 0 Å². The third-order valence-corrected chi connectivity index (χ3v) is 11.8. The molecule has 0 spiro atoms. The molecule has 0 aromatic carbocycles. The van der Waals surface area contributed by atoms with Crippen LogP contribution in [-0.2, 0) is 9.09 Å². The van der Waals surface area contributed by atoms with Crippen molar-refractivity contribution >= 4 is 7.82 Å². The summed E-state index contributed by atoms with van der Waals surface area (Å²) in [6, 6.07) is 0. The van der Waals surface area contributed by atoms with Crippen molar-refractivity contribution in [1.82, 2.24) is 0 Å². The maximum atomic E-state index is 10.2. The quantitative estimate of drug-likeness (QED) is 0.155. The number of likely N-dealkylation sites (N-methyl/N-ethyl adjacent to an activating group) is 1. The van der Waals surface area contributed by atoms with Gasteiger partial charge in [0.1, 0.15) is 13.2 Å². The van der Waals surface area contributed by atoms with Crippen molar-refractivity contribution in [3.8, 4) is 0 Å². The van der Waals surface area contributed by atoms with Crippen LogP contribution < -0.4 is 0 Å². The fourth-order valence-corrected chi connectivity index (χ4v) is 9.42. The summed E-state index contributed by atoms with van der Waals surface area (Å²) in [6.45, 7) is 13.2. The van der Waals surface area contributed by atoms with Gasteiger partial charge in [-0.15, -0.1) is 0 Å². The third kappa shape index (κ3) is 8.42. The van der Waals surface area contributed by atoms with Crippen molar-refractivity contribution in [2.75, 3.05) is 34.3 Å². The lowest BCUT2D eigenvalue weighted by Crippen LogP contribution is -2.50. The second-order valence-corrected chi connectivity index (χ2v) is 16.8. The molecule has 4 rings (SSSR count). The minimum absolute atomic E-state index is 0.0766. The Labute approximate surface area is 239 Å². The van der Waals surface area contributed by atoms with Gasteiger partial charge in [0.15, 0.2) is 0 Å². The molecule has 7 heteroatoms. The normalized spacial score (nSPS) is 37.2. The van der Waals surface area contributed by atoms with Crippen LogP contribution in [0, 0.1) is 46.3 Å². The van der Waals surface area contributed by atoms with Crippen LogP contribution in [0.15, 0.2) is 11.6 Å². The smallest absolute Gasteiger partial charge is 0.393 e. The summed E-state index contributed by atoms with van der Waals surface area (Å²) in [5.74, 6) is 5.46. The Morgan fingerprint density at radius 2 is 1.72 bits per heavy atom. The molecule has 4 aliphatic carbocycles. The van der Waals surface area contributed by atoms with E-state index in [1.165, 1.54) is 57.8 Å². The first-order valence-corrected chi connectivity index (χ1v) is 17.4. The first-order valence-electron chi connectivity index (χ1n) is 15.8. The zero-order valence-electron chi connectivity index (χ0n) is 26.4. The number of nitrogens with zero attached hydrogens (tertiary/aromatic N) is 1. The maximum absolute atomic E-state index is 10.2. The van der Waals surface area contributed by atoms with Gasteiger partial charge in [0.2, 0.25) is 0 Å². The summed E-state index contributed by atoms with van der Waals surface area (Å²) < 4.78 is 15.1. The van der Waals surface area contributed by atoms with Crippen LogP contribution in [0.2, 0.25) is 0 Å². The van der Waals surface area contributed by atoms with Crippen molar-refractivity contribution in [1.29, 1.82) is 0 Å². The van der Waals surface area contributed by atoms with Gasteiger partial charge in [-0.05, 0) is 97.7 Å². The van der Waals surface area contributed by atoms with Gasteiger partial charge in [0, 0.05) is 0 Å². The number of phosphoric ester groups is 1. The first-order chi connectivity index (χ1) is 18.0. The second-order valence-electron chi connectivity index (χ2n) is 15.5. The van der Waals surface area contributed by atoms with Crippen LogP contribution >= 0.6 is 7.82 Å². The predicted molar refractivity (Wildman–Crippen MR) is 160 cm³/mol. The molecule has 3 saturated carbocycles. The number of hydrogen-bond donors (Lipinski definition) is 3. The molecule has 0 saturated heterocycles. The number of hydrogen-bond acceptors (Lipinski definition) is 3. The fourth-order valence-electron chi connectivity index (χ4n) is 9.10. The fraction of sp³-hybridized carbons (Fsp3) is 0.938. The predicted octanol–water partition coefficient (Wildman–Crippen LogP) is 7.19. The highest BCUT2D eigenvalue weighted by Crippen LogP contribution is 2.67. The Balaban J connectivity index is 0.000000325. The highest BCUT2D eigenvalue weighted by molar-refractivity contribution is 7.46. The lowest BCUT2D eigenvalue weighted by atomic mass is 9.47. The third-order valence-electron chi connectivity index (χ3n) is 11.3. The van der Waals surface area contributed by atoms with Gasteiger partial charge < -0.3 is 19.4 Å². The molecule has 4 aliphatic rings. The van der Waals surface area contributed by atoms with Gasteiger partial charge in [-0.25, -0.2) is 4.57 Å². The summed E-state index contributed by atoms with van der Waals surface area (Å²) in [6.07, 6.45) is 17.2. The molecule has 3 fully saturated rings. The zero-order valence-corrected chi connectivity index (χ0v) is 27.3. The van der Waals surface area contributed by atoms with E-state index in [1.807, 2.05) is 21.1 Å². The zero-order chi connectivity index (χ0) is 29.2. The number of phosphoric acid groups is 1. The van der Waals surface area contributed by atoms with E-state index in [2.05, 4.69) is 45.2 Å². The van der Waals surface area contributed by atoms with Gasteiger partial charge in [0.25, 0.3) is 0 Å². The molecular weight excluding hydrogens is 509 g/mol. The Morgan fingerprint density at radius 1 is 1.03 bits per heavy atom. The number of rotatable bonds is 9. The van der Waals surface area contributed by atoms with Gasteiger partial charge in [0.05, 0.1) is 27.2 Å². The minimum atomic E-state index is -4.26. The number of quaternary nitrogens is 1. The molecule has 6 nitrogen and oxygen atoms in total. The van der Waals surface area contributed by atoms with Gasteiger partial charge in [-0.2, -0.15) is 0 Å². The molecular formula is C32H61NO5P+. The highest BCUT2D eigenvalue weighted by atomic mass is 31.2. The van der Waals surface area contributed by atoms with Crippen LogP contribution in [-0.4, -0.2) is 59.8 Å². The molecule has 1 unspecified atom stereocenters. The molecule has 0 heterocycles. The second kappa shape index (κ2) is 13.0. The number of allylic oxidation sites excluding steroid dienone is 1.